The molecule has 2 N–H and O–H groups in total. The van der Waals surface area contributed by atoms with Crippen molar-refractivity contribution >= 4 is 38.2 Å². The molecule has 212 valence electrons. The van der Waals surface area contributed by atoms with Gasteiger partial charge in [0.1, 0.15) is 10.6 Å². The Morgan fingerprint density at radius 2 is 1.97 bits per heavy atom. The van der Waals surface area contributed by atoms with Crippen molar-refractivity contribution in [2.45, 2.75) is 60.8 Å². The predicted octanol–water partition coefficient (Wildman–Crippen LogP) is 5.40. The van der Waals surface area contributed by atoms with Crippen LogP contribution in [-0.2, 0) is 9.84 Å². The van der Waals surface area contributed by atoms with E-state index >= 15 is 0 Å². The molecule has 39 heavy (non-hydrogen) atoms. The highest BCUT2D eigenvalue weighted by molar-refractivity contribution is 7.98. The number of piperidine rings is 1. The molecule has 0 spiro atoms. The van der Waals surface area contributed by atoms with Crippen molar-refractivity contribution in [3.05, 3.63) is 48.7 Å². The van der Waals surface area contributed by atoms with Gasteiger partial charge >= 0.3 is 0 Å². The Hall–Kier alpha value is -2.33. The standard InChI is InChI=1S/C30H41N3O4S2/c1-5-6-15-37-23-7-10-25(11-8-23)39(35,36)29-18-32-28-12-9-24(38-4)16-26(28)30(29)33-14-13-27(22(19-33)20-34)31-17-21(2)3/h7-12,16,18,21-22,27,31,34H,5-6,13-15,17,19-20H2,1-4H3. The Labute approximate surface area is 237 Å². The number of thioether (sulfide) groups is 1. The fourth-order valence-electron chi connectivity index (χ4n) is 5.04. The van der Waals surface area contributed by atoms with E-state index in [4.69, 9.17) is 4.74 Å². The van der Waals surface area contributed by atoms with Crippen LogP contribution in [0, 0.1) is 11.8 Å². The van der Waals surface area contributed by atoms with E-state index in [1.165, 1.54) is 6.20 Å². The molecule has 2 atom stereocenters. The summed E-state index contributed by atoms with van der Waals surface area (Å²) in [6, 6.07) is 12.8. The minimum absolute atomic E-state index is 0.0143. The van der Waals surface area contributed by atoms with Crippen LogP contribution in [0.3, 0.4) is 0 Å². The van der Waals surface area contributed by atoms with Crippen LogP contribution in [0.1, 0.15) is 40.0 Å². The molecule has 0 aliphatic carbocycles. The monoisotopic (exact) mass is 571 g/mol. The third-order valence-corrected chi connectivity index (χ3v) is 9.77. The molecular weight excluding hydrogens is 530 g/mol. The van der Waals surface area contributed by atoms with E-state index in [1.54, 1.807) is 36.0 Å². The van der Waals surface area contributed by atoms with E-state index in [9.17, 15) is 13.5 Å². The van der Waals surface area contributed by atoms with E-state index in [0.717, 1.165) is 41.6 Å². The van der Waals surface area contributed by atoms with Gasteiger partial charge in [-0.2, -0.15) is 0 Å². The zero-order chi connectivity index (χ0) is 28.0. The molecule has 3 aromatic rings. The Morgan fingerprint density at radius 1 is 1.21 bits per heavy atom. The van der Waals surface area contributed by atoms with Gasteiger partial charge in [-0.25, -0.2) is 8.42 Å². The van der Waals surface area contributed by atoms with Gasteiger partial charge in [-0.15, -0.1) is 11.8 Å². The Kier molecular flexibility index (Phi) is 10.1. The molecule has 9 heteroatoms. The topological polar surface area (TPSA) is 91.8 Å². The van der Waals surface area contributed by atoms with Crippen LogP contribution < -0.4 is 15.0 Å². The SMILES string of the molecule is CCCCOc1ccc(S(=O)(=O)c2cnc3ccc(SC)cc3c2N2CCC(NCC(C)C)C(CO)C2)cc1. The Bertz CT molecular complexity index is 1350. The lowest BCUT2D eigenvalue weighted by Crippen LogP contribution is -2.51. The average Bonchev–Trinajstić information content (AvgIpc) is 2.95. The summed E-state index contributed by atoms with van der Waals surface area (Å²) in [6.07, 6.45) is 6.29. The van der Waals surface area contributed by atoms with Gasteiger partial charge < -0.3 is 20.1 Å². The predicted molar refractivity (Wildman–Crippen MR) is 160 cm³/mol. The number of aliphatic hydroxyl groups is 1. The molecule has 0 saturated carbocycles. The number of aliphatic hydroxyl groups excluding tert-OH is 1. The zero-order valence-electron chi connectivity index (χ0n) is 23.4. The number of anilines is 1. The number of unbranched alkanes of at least 4 members (excludes halogenated alkanes) is 1. The molecule has 7 nitrogen and oxygen atoms in total. The zero-order valence-corrected chi connectivity index (χ0v) is 25.0. The number of sulfone groups is 1. The first-order chi connectivity index (χ1) is 18.8. The normalized spacial score (nSPS) is 18.2. The van der Waals surface area contributed by atoms with Gasteiger partial charge in [-0.1, -0.05) is 27.2 Å². The number of hydrogen-bond acceptors (Lipinski definition) is 8. The van der Waals surface area contributed by atoms with Gasteiger partial charge in [0.15, 0.2) is 0 Å². The lowest BCUT2D eigenvalue weighted by Gasteiger charge is -2.40. The molecule has 1 aromatic heterocycles. The molecule has 0 amide bonds. The largest absolute Gasteiger partial charge is 0.494 e. The lowest BCUT2D eigenvalue weighted by atomic mass is 9.91. The highest BCUT2D eigenvalue weighted by Gasteiger charge is 2.33. The van der Waals surface area contributed by atoms with Crippen LogP contribution in [0.2, 0.25) is 0 Å². The highest BCUT2D eigenvalue weighted by Crippen LogP contribution is 2.39. The van der Waals surface area contributed by atoms with Gasteiger partial charge in [0.25, 0.3) is 0 Å². The molecule has 1 aliphatic rings. The minimum atomic E-state index is -3.88. The maximum Gasteiger partial charge on any atom is 0.210 e. The first-order valence-corrected chi connectivity index (χ1v) is 16.5. The van der Waals surface area contributed by atoms with Crippen molar-refractivity contribution in [3.8, 4) is 5.75 Å². The Morgan fingerprint density at radius 3 is 2.64 bits per heavy atom. The first-order valence-electron chi connectivity index (χ1n) is 13.8. The summed E-state index contributed by atoms with van der Waals surface area (Å²) in [7, 11) is -3.88. The number of fused-ring (bicyclic) bond motifs is 1. The van der Waals surface area contributed by atoms with Crippen LogP contribution in [0.25, 0.3) is 10.9 Å². The summed E-state index contributed by atoms with van der Waals surface area (Å²) in [6.45, 7) is 9.20. The molecule has 0 radical (unpaired) electrons. The van der Waals surface area contributed by atoms with Crippen LogP contribution in [-0.4, -0.2) is 63.7 Å². The third kappa shape index (κ3) is 6.88. The van der Waals surface area contributed by atoms with Crippen LogP contribution >= 0.6 is 11.8 Å². The third-order valence-electron chi connectivity index (χ3n) is 7.28. The van der Waals surface area contributed by atoms with Gasteiger partial charge in [0, 0.05) is 48.1 Å². The summed E-state index contributed by atoms with van der Waals surface area (Å²) in [5.41, 5.74) is 1.42. The van der Waals surface area contributed by atoms with E-state index in [2.05, 4.69) is 36.0 Å². The number of nitrogens with one attached hydrogen (secondary N) is 1. The lowest BCUT2D eigenvalue weighted by molar-refractivity contribution is 0.171. The number of aromatic nitrogens is 1. The molecular formula is C30H41N3O4S2. The van der Waals surface area contributed by atoms with Crippen LogP contribution in [0.4, 0.5) is 5.69 Å². The number of nitrogens with zero attached hydrogens (tertiary/aromatic N) is 2. The summed E-state index contributed by atoms with van der Waals surface area (Å²) in [5, 5.41) is 14.7. The number of benzene rings is 2. The molecule has 2 aromatic carbocycles. The summed E-state index contributed by atoms with van der Waals surface area (Å²) in [4.78, 5) is 8.15. The van der Waals surface area contributed by atoms with Gasteiger partial charge in [-0.05, 0) is 74.0 Å². The molecule has 1 aliphatic heterocycles. The quantitative estimate of drug-likeness (QED) is 0.221. The Balaban J connectivity index is 1.75. The second-order valence-electron chi connectivity index (χ2n) is 10.6. The summed E-state index contributed by atoms with van der Waals surface area (Å²) >= 11 is 1.61. The van der Waals surface area contributed by atoms with Crippen molar-refractivity contribution in [2.75, 3.05) is 44.0 Å². The van der Waals surface area contributed by atoms with E-state index < -0.39 is 9.84 Å². The molecule has 0 bridgehead atoms. The summed E-state index contributed by atoms with van der Waals surface area (Å²) < 4.78 is 33.9. The van der Waals surface area contributed by atoms with Crippen LogP contribution in [0.15, 0.2) is 63.3 Å². The van der Waals surface area contributed by atoms with Gasteiger partial charge in [0.2, 0.25) is 9.84 Å². The smallest absolute Gasteiger partial charge is 0.210 e. The number of hydrogen-bond donors (Lipinski definition) is 2. The first kappa shape index (κ1) is 29.6. The fourth-order valence-corrected chi connectivity index (χ4v) is 6.91. The average molecular weight is 572 g/mol. The summed E-state index contributed by atoms with van der Waals surface area (Å²) in [5.74, 6) is 1.15. The van der Waals surface area contributed by atoms with E-state index in [1.807, 2.05) is 24.5 Å². The molecule has 1 fully saturated rings. The second-order valence-corrected chi connectivity index (χ2v) is 13.4. The van der Waals surface area contributed by atoms with Crippen molar-refractivity contribution in [3.63, 3.8) is 0 Å². The number of ether oxygens (including phenoxy) is 1. The fraction of sp³-hybridized carbons (Fsp3) is 0.500. The van der Waals surface area contributed by atoms with Gasteiger partial charge in [0.05, 0.1) is 22.7 Å². The maximum atomic E-state index is 14.1. The highest BCUT2D eigenvalue weighted by atomic mass is 32.2. The van der Waals surface area contributed by atoms with Crippen molar-refractivity contribution in [1.82, 2.24) is 10.3 Å². The minimum Gasteiger partial charge on any atom is -0.494 e. The molecule has 4 rings (SSSR count). The number of rotatable bonds is 12. The van der Waals surface area contributed by atoms with Gasteiger partial charge in [-0.3, -0.25) is 4.98 Å². The number of pyridine rings is 1. The maximum absolute atomic E-state index is 14.1. The van der Waals surface area contributed by atoms with E-state index in [-0.39, 0.29) is 28.4 Å². The van der Waals surface area contributed by atoms with E-state index in [0.29, 0.717) is 37.1 Å². The molecule has 1 saturated heterocycles. The second kappa shape index (κ2) is 13.4. The van der Waals surface area contributed by atoms with Crippen molar-refractivity contribution in [2.24, 2.45) is 11.8 Å². The van der Waals surface area contributed by atoms with Crippen LogP contribution in [0.5, 0.6) is 5.75 Å². The van der Waals surface area contributed by atoms with Crippen molar-refractivity contribution < 1.29 is 18.3 Å². The van der Waals surface area contributed by atoms with Crippen molar-refractivity contribution in [1.29, 1.82) is 0 Å². The molecule has 2 heterocycles. The molecule has 2 unspecified atom stereocenters.